The number of hydrogen-bond donors (Lipinski definition) is 2. The molecule has 6 nitrogen and oxygen atoms in total. The van der Waals surface area contributed by atoms with E-state index in [1.807, 2.05) is 51.2 Å². The van der Waals surface area contributed by atoms with Crippen molar-refractivity contribution in [1.29, 1.82) is 0 Å². The van der Waals surface area contributed by atoms with Crippen LogP contribution in [0.25, 0.3) is 5.70 Å². The first kappa shape index (κ1) is 21.4. The van der Waals surface area contributed by atoms with Crippen molar-refractivity contribution in [2.45, 2.75) is 47.1 Å². The lowest BCUT2D eigenvalue weighted by Crippen LogP contribution is -2.33. The lowest BCUT2D eigenvalue weighted by molar-refractivity contribution is 0.409. The van der Waals surface area contributed by atoms with E-state index in [1.54, 1.807) is 17.7 Å². The zero-order valence-electron chi connectivity index (χ0n) is 16.5. The third-order valence-electron chi connectivity index (χ3n) is 3.80. The highest BCUT2D eigenvalue weighted by Gasteiger charge is 2.12. The van der Waals surface area contributed by atoms with Crippen LogP contribution < -0.4 is 17.1 Å². The Bertz CT molecular complexity index is 793. The Kier molecular flexibility index (Phi) is 8.58. The average molecular weight is 358 g/mol. The quantitative estimate of drug-likeness (QED) is 0.613. The van der Waals surface area contributed by atoms with Crippen molar-refractivity contribution >= 4 is 5.70 Å². The van der Waals surface area contributed by atoms with E-state index in [4.69, 9.17) is 11.6 Å². The SMILES string of the molecule is CC.CCCc1ccc(=O)n(C/C(=C(/N)c2cccc(C)n2)N(C)N)c1. The summed E-state index contributed by atoms with van der Waals surface area (Å²) in [5.41, 5.74) is 9.95. The fourth-order valence-corrected chi connectivity index (χ4v) is 2.53. The minimum Gasteiger partial charge on any atom is -0.395 e. The van der Waals surface area contributed by atoms with Crippen molar-refractivity contribution in [3.8, 4) is 0 Å². The summed E-state index contributed by atoms with van der Waals surface area (Å²) in [6, 6.07) is 9.08. The molecular formula is C20H31N5O. The van der Waals surface area contributed by atoms with Crippen molar-refractivity contribution in [2.75, 3.05) is 7.05 Å². The Hall–Kier alpha value is -2.60. The Morgan fingerprint density at radius 3 is 2.50 bits per heavy atom. The molecule has 0 spiro atoms. The molecule has 2 rings (SSSR count). The molecule has 0 aromatic carbocycles. The third kappa shape index (κ3) is 5.74. The summed E-state index contributed by atoms with van der Waals surface area (Å²) in [4.78, 5) is 16.6. The topological polar surface area (TPSA) is 90.2 Å². The van der Waals surface area contributed by atoms with E-state index >= 15 is 0 Å². The van der Waals surface area contributed by atoms with Crippen LogP contribution in [0.3, 0.4) is 0 Å². The number of rotatable bonds is 6. The van der Waals surface area contributed by atoms with Crippen LogP contribution in [0, 0.1) is 6.92 Å². The van der Waals surface area contributed by atoms with Gasteiger partial charge in [-0.3, -0.25) is 9.78 Å². The molecule has 4 N–H and O–H groups in total. The molecule has 2 aromatic heterocycles. The highest BCUT2D eigenvalue weighted by molar-refractivity contribution is 5.62. The second-order valence-corrected chi connectivity index (χ2v) is 5.89. The molecule has 0 fully saturated rings. The monoisotopic (exact) mass is 357 g/mol. The number of allylic oxidation sites excluding steroid dienone is 1. The van der Waals surface area contributed by atoms with Gasteiger partial charge in [0.1, 0.15) is 0 Å². The normalized spacial score (nSPS) is 11.3. The minimum absolute atomic E-state index is 0.0841. The maximum absolute atomic E-state index is 12.2. The van der Waals surface area contributed by atoms with Crippen LogP contribution in [0.4, 0.5) is 0 Å². The van der Waals surface area contributed by atoms with Crippen LogP contribution in [0.1, 0.15) is 44.1 Å². The van der Waals surface area contributed by atoms with E-state index in [-0.39, 0.29) is 5.56 Å². The Labute approximate surface area is 156 Å². The highest BCUT2D eigenvalue weighted by Crippen LogP contribution is 2.15. The molecule has 6 heteroatoms. The van der Waals surface area contributed by atoms with E-state index in [1.165, 1.54) is 5.01 Å². The molecule has 26 heavy (non-hydrogen) atoms. The van der Waals surface area contributed by atoms with Crippen LogP contribution in [0.2, 0.25) is 0 Å². The lowest BCUT2D eigenvalue weighted by atomic mass is 10.1. The van der Waals surface area contributed by atoms with Gasteiger partial charge in [0, 0.05) is 25.0 Å². The summed E-state index contributed by atoms with van der Waals surface area (Å²) in [5.74, 6) is 5.96. The molecule has 0 saturated carbocycles. The second kappa shape index (κ2) is 10.4. The molecule has 0 bridgehead atoms. The van der Waals surface area contributed by atoms with Gasteiger partial charge >= 0.3 is 0 Å². The summed E-state index contributed by atoms with van der Waals surface area (Å²) in [6.45, 7) is 8.31. The van der Waals surface area contributed by atoms with Crippen LogP contribution in [-0.2, 0) is 13.0 Å². The van der Waals surface area contributed by atoms with Crippen molar-refractivity contribution < 1.29 is 0 Å². The molecular weight excluding hydrogens is 326 g/mol. The zero-order valence-corrected chi connectivity index (χ0v) is 16.5. The fraction of sp³-hybridized carbons (Fsp3) is 0.400. The summed E-state index contributed by atoms with van der Waals surface area (Å²) < 4.78 is 1.63. The summed E-state index contributed by atoms with van der Waals surface area (Å²) >= 11 is 0. The predicted octanol–water partition coefficient (Wildman–Crippen LogP) is 2.66. The number of nitrogens with two attached hydrogens (primary N) is 2. The van der Waals surface area contributed by atoms with Gasteiger partial charge in [-0.1, -0.05) is 39.3 Å². The van der Waals surface area contributed by atoms with Crippen LogP contribution >= 0.6 is 0 Å². The van der Waals surface area contributed by atoms with E-state index in [0.717, 1.165) is 24.1 Å². The van der Waals surface area contributed by atoms with Gasteiger partial charge < -0.3 is 15.3 Å². The van der Waals surface area contributed by atoms with Crippen molar-refractivity contribution in [1.82, 2.24) is 14.6 Å². The molecule has 2 aromatic rings. The van der Waals surface area contributed by atoms with Gasteiger partial charge in [0.2, 0.25) is 0 Å². The average Bonchev–Trinajstić information content (AvgIpc) is 2.63. The summed E-state index contributed by atoms with van der Waals surface area (Å²) in [6.07, 6.45) is 3.81. The molecule has 0 unspecified atom stereocenters. The van der Waals surface area contributed by atoms with Gasteiger partial charge in [0.05, 0.1) is 23.6 Å². The van der Waals surface area contributed by atoms with Crippen LogP contribution in [-0.4, -0.2) is 21.6 Å². The molecule has 0 radical (unpaired) electrons. The second-order valence-electron chi connectivity index (χ2n) is 5.89. The Morgan fingerprint density at radius 1 is 1.23 bits per heavy atom. The Morgan fingerprint density at radius 2 is 1.92 bits per heavy atom. The van der Waals surface area contributed by atoms with Gasteiger partial charge in [-0.15, -0.1) is 0 Å². The Balaban J connectivity index is 0.00000163. The fourth-order valence-electron chi connectivity index (χ4n) is 2.53. The maximum Gasteiger partial charge on any atom is 0.250 e. The molecule has 2 heterocycles. The molecule has 0 aliphatic heterocycles. The molecule has 0 aliphatic carbocycles. The predicted molar refractivity (Wildman–Crippen MR) is 108 cm³/mol. The number of pyridine rings is 2. The lowest BCUT2D eigenvalue weighted by Gasteiger charge is -2.21. The number of aromatic nitrogens is 2. The van der Waals surface area contributed by atoms with E-state index < -0.39 is 0 Å². The highest BCUT2D eigenvalue weighted by atomic mass is 16.1. The standard InChI is InChI=1S/C18H25N5O.C2H6/c1-4-6-14-9-10-17(24)23(11-14)12-16(22(3)20)18(19)15-8-5-7-13(2)21-15;1-2/h5,7-11H,4,6,12,19-20H2,1-3H3;1-2H3/b18-16-;. The minimum atomic E-state index is -0.0841. The largest absolute Gasteiger partial charge is 0.395 e. The molecule has 0 amide bonds. The first-order valence-corrected chi connectivity index (χ1v) is 9.02. The number of hydrazine groups is 1. The first-order valence-electron chi connectivity index (χ1n) is 9.02. The van der Waals surface area contributed by atoms with Gasteiger partial charge in [-0.2, -0.15) is 0 Å². The van der Waals surface area contributed by atoms with Gasteiger partial charge in [-0.25, -0.2) is 5.84 Å². The molecule has 0 aliphatic rings. The maximum atomic E-state index is 12.2. The van der Waals surface area contributed by atoms with Crippen molar-refractivity contribution in [2.24, 2.45) is 11.6 Å². The van der Waals surface area contributed by atoms with E-state index in [9.17, 15) is 4.79 Å². The van der Waals surface area contributed by atoms with E-state index in [2.05, 4.69) is 11.9 Å². The van der Waals surface area contributed by atoms with Crippen LogP contribution in [0.15, 0.2) is 47.0 Å². The van der Waals surface area contributed by atoms with Gasteiger partial charge in [0.25, 0.3) is 5.56 Å². The number of aryl methyl sites for hydroxylation is 2. The summed E-state index contributed by atoms with van der Waals surface area (Å²) in [7, 11) is 1.71. The number of likely N-dealkylation sites (N-methyl/N-ethyl adjacent to an activating group) is 1. The molecule has 0 saturated heterocycles. The zero-order chi connectivity index (χ0) is 19.7. The third-order valence-corrected chi connectivity index (χ3v) is 3.80. The number of nitrogens with zero attached hydrogens (tertiary/aromatic N) is 3. The van der Waals surface area contributed by atoms with Crippen molar-refractivity contribution in [3.63, 3.8) is 0 Å². The van der Waals surface area contributed by atoms with Gasteiger partial charge in [0.15, 0.2) is 0 Å². The molecule has 142 valence electrons. The molecule has 0 atom stereocenters. The van der Waals surface area contributed by atoms with Crippen LogP contribution in [0.5, 0.6) is 0 Å². The first-order chi connectivity index (χ1) is 12.4. The smallest absolute Gasteiger partial charge is 0.250 e. The van der Waals surface area contributed by atoms with Crippen molar-refractivity contribution in [3.05, 3.63) is 69.5 Å². The summed E-state index contributed by atoms with van der Waals surface area (Å²) in [5, 5.41) is 1.44. The van der Waals surface area contributed by atoms with E-state index in [0.29, 0.717) is 23.6 Å². The number of hydrogen-bond acceptors (Lipinski definition) is 5. The van der Waals surface area contributed by atoms with Gasteiger partial charge in [-0.05, 0) is 31.0 Å².